The zero-order valence-corrected chi connectivity index (χ0v) is 17.1. The molecule has 150 valence electrons. The van der Waals surface area contributed by atoms with Crippen molar-refractivity contribution in [1.82, 2.24) is 19.9 Å². The number of hydrogen-bond acceptors (Lipinski definition) is 4. The van der Waals surface area contributed by atoms with Gasteiger partial charge in [0.1, 0.15) is 12.1 Å². The van der Waals surface area contributed by atoms with Crippen LogP contribution in [-0.4, -0.2) is 32.4 Å². The second kappa shape index (κ2) is 7.83. The predicted molar refractivity (Wildman–Crippen MR) is 112 cm³/mol. The summed E-state index contributed by atoms with van der Waals surface area (Å²) in [5.74, 6) is 0.314. The number of aromatic nitrogens is 3. The molecule has 1 saturated heterocycles. The zero-order valence-electron chi connectivity index (χ0n) is 16.3. The van der Waals surface area contributed by atoms with Crippen molar-refractivity contribution < 1.29 is 9.59 Å². The maximum atomic E-state index is 12.6. The Bertz CT molecular complexity index is 1090. The van der Waals surface area contributed by atoms with Crippen LogP contribution in [0, 0.1) is 13.8 Å². The molecule has 2 amide bonds. The summed E-state index contributed by atoms with van der Waals surface area (Å²) in [6.45, 7) is 4.00. The van der Waals surface area contributed by atoms with Gasteiger partial charge in [0, 0.05) is 35.3 Å². The fraction of sp³-hybridized carbons (Fsp3) is 0.333. The van der Waals surface area contributed by atoms with Crippen molar-refractivity contribution in [3.8, 4) is 5.69 Å². The molecule has 2 aromatic heterocycles. The van der Waals surface area contributed by atoms with Crippen molar-refractivity contribution >= 4 is 40.3 Å². The quantitative estimate of drug-likeness (QED) is 0.685. The molecule has 3 aromatic rings. The van der Waals surface area contributed by atoms with Gasteiger partial charge in [0.05, 0.1) is 5.39 Å². The lowest BCUT2D eigenvalue weighted by molar-refractivity contribution is -0.124. The molecule has 8 heteroatoms. The summed E-state index contributed by atoms with van der Waals surface area (Å²) in [5.41, 5.74) is 3.67. The van der Waals surface area contributed by atoms with E-state index < -0.39 is 0 Å². The van der Waals surface area contributed by atoms with Crippen LogP contribution in [0.25, 0.3) is 16.7 Å². The first-order valence-corrected chi connectivity index (χ1v) is 9.99. The van der Waals surface area contributed by atoms with Crippen molar-refractivity contribution in [3.05, 3.63) is 46.9 Å². The molecule has 2 N–H and O–H groups in total. The van der Waals surface area contributed by atoms with Gasteiger partial charge in [-0.3, -0.25) is 14.2 Å². The molecule has 29 heavy (non-hydrogen) atoms. The van der Waals surface area contributed by atoms with E-state index in [0.717, 1.165) is 40.8 Å². The predicted octanol–water partition coefficient (Wildman–Crippen LogP) is 3.69. The highest BCUT2D eigenvalue weighted by Crippen LogP contribution is 2.31. The fourth-order valence-corrected chi connectivity index (χ4v) is 3.97. The van der Waals surface area contributed by atoms with Crippen LogP contribution in [0.2, 0.25) is 5.02 Å². The molecule has 3 heterocycles. The van der Waals surface area contributed by atoms with Gasteiger partial charge in [0.2, 0.25) is 11.8 Å². The van der Waals surface area contributed by atoms with Crippen molar-refractivity contribution in [2.45, 2.75) is 45.6 Å². The molecule has 0 aliphatic carbocycles. The molecule has 0 spiro atoms. The summed E-state index contributed by atoms with van der Waals surface area (Å²) in [5, 5.41) is 7.26. The highest BCUT2D eigenvalue weighted by Gasteiger charge is 2.23. The number of carbonyl (C=O) groups excluding carboxylic acids is 2. The molecule has 0 saturated carbocycles. The highest BCUT2D eigenvalue weighted by atomic mass is 35.5. The first kappa shape index (κ1) is 19.4. The zero-order chi connectivity index (χ0) is 20.5. The molecule has 4 rings (SSSR count). The summed E-state index contributed by atoms with van der Waals surface area (Å²) >= 11 is 6.03. The van der Waals surface area contributed by atoms with Gasteiger partial charge in [-0.05, 0) is 56.5 Å². The Kier molecular flexibility index (Phi) is 5.24. The second-order valence-electron chi connectivity index (χ2n) is 7.35. The SMILES string of the molecule is Cc1c(C)n(-c2ccc(Cl)cc2)c2ncnc(NC(=O)CC3CCCC(=O)N3)c12. The summed E-state index contributed by atoms with van der Waals surface area (Å²) in [6.07, 6.45) is 3.83. The number of nitrogens with one attached hydrogen (secondary N) is 2. The monoisotopic (exact) mass is 411 g/mol. The van der Waals surface area contributed by atoms with Crippen molar-refractivity contribution in [1.29, 1.82) is 0 Å². The number of benzene rings is 1. The van der Waals surface area contributed by atoms with Gasteiger partial charge < -0.3 is 10.6 Å². The van der Waals surface area contributed by atoms with E-state index in [1.165, 1.54) is 6.33 Å². The summed E-state index contributed by atoms with van der Waals surface area (Å²) in [6, 6.07) is 7.40. The van der Waals surface area contributed by atoms with E-state index in [4.69, 9.17) is 11.6 Å². The first-order chi connectivity index (χ1) is 13.9. The number of halogens is 1. The number of piperidine rings is 1. The summed E-state index contributed by atoms with van der Waals surface area (Å²) in [4.78, 5) is 32.9. The average Bonchev–Trinajstić information content (AvgIpc) is 2.94. The summed E-state index contributed by atoms with van der Waals surface area (Å²) in [7, 11) is 0. The molecule has 1 unspecified atom stereocenters. The van der Waals surface area contributed by atoms with Gasteiger partial charge in [-0.25, -0.2) is 9.97 Å². The van der Waals surface area contributed by atoms with E-state index in [9.17, 15) is 9.59 Å². The standard InChI is InChI=1S/C21H22ClN5O2/c1-12-13(2)27(16-8-6-14(22)7-9-16)21-19(12)20(23-11-24-21)26-18(29)10-15-4-3-5-17(28)25-15/h6-9,11,15H,3-5,10H2,1-2H3,(H,25,28)(H,23,24,26,29). The number of anilines is 1. The number of hydrogen-bond donors (Lipinski definition) is 2. The number of fused-ring (bicyclic) bond motifs is 1. The molecule has 1 atom stereocenters. The lowest BCUT2D eigenvalue weighted by atomic mass is 10.0. The van der Waals surface area contributed by atoms with E-state index >= 15 is 0 Å². The third-order valence-corrected chi connectivity index (χ3v) is 5.64. The Morgan fingerprint density at radius 2 is 2.03 bits per heavy atom. The minimum Gasteiger partial charge on any atom is -0.353 e. The largest absolute Gasteiger partial charge is 0.353 e. The summed E-state index contributed by atoms with van der Waals surface area (Å²) < 4.78 is 2.03. The van der Waals surface area contributed by atoms with Gasteiger partial charge in [-0.1, -0.05) is 11.6 Å². The molecule has 1 fully saturated rings. The minimum atomic E-state index is -0.173. The van der Waals surface area contributed by atoms with E-state index in [2.05, 4.69) is 20.6 Å². The Morgan fingerprint density at radius 3 is 2.76 bits per heavy atom. The van der Waals surface area contributed by atoms with E-state index in [1.54, 1.807) is 0 Å². The molecule has 1 aliphatic heterocycles. The molecule has 0 bridgehead atoms. The van der Waals surface area contributed by atoms with Crippen LogP contribution in [0.15, 0.2) is 30.6 Å². The van der Waals surface area contributed by atoms with Gasteiger partial charge in [0.15, 0.2) is 5.65 Å². The van der Waals surface area contributed by atoms with Crippen LogP contribution in [0.1, 0.15) is 36.9 Å². The number of carbonyl (C=O) groups is 2. The molecule has 1 aliphatic rings. The topological polar surface area (TPSA) is 88.9 Å². The number of rotatable bonds is 4. The lowest BCUT2D eigenvalue weighted by Gasteiger charge is -2.22. The first-order valence-electron chi connectivity index (χ1n) is 9.62. The van der Waals surface area contributed by atoms with Gasteiger partial charge in [-0.15, -0.1) is 0 Å². The minimum absolute atomic E-state index is 0.00462. The van der Waals surface area contributed by atoms with Crippen LogP contribution in [0.5, 0.6) is 0 Å². The van der Waals surface area contributed by atoms with Crippen LogP contribution < -0.4 is 10.6 Å². The van der Waals surface area contributed by atoms with Crippen molar-refractivity contribution in [2.24, 2.45) is 0 Å². The highest BCUT2D eigenvalue weighted by molar-refractivity contribution is 6.30. The van der Waals surface area contributed by atoms with E-state index in [1.807, 2.05) is 42.7 Å². The van der Waals surface area contributed by atoms with Gasteiger partial charge in [-0.2, -0.15) is 0 Å². The van der Waals surface area contributed by atoms with Gasteiger partial charge >= 0.3 is 0 Å². The number of nitrogens with zero attached hydrogens (tertiary/aromatic N) is 3. The van der Waals surface area contributed by atoms with Crippen molar-refractivity contribution in [3.63, 3.8) is 0 Å². The van der Waals surface area contributed by atoms with Gasteiger partial charge in [0.25, 0.3) is 0 Å². The molecule has 1 aromatic carbocycles. The van der Waals surface area contributed by atoms with Crippen LogP contribution in [0.4, 0.5) is 5.82 Å². The second-order valence-corrected chi connectivity index (χ2v) is 7.79. The molecular formula is C21H22ClN5O2. The number of aryl methyl sites for hydroxylation is 1. The van der Waals surface area contributed by atoms with E-state index in [0.29, 0.717) is 17.3 Å². The average molecular weight is 412 g/mol. The molecular weight excluding hydrogens is 390 g/mol. The van der Waals surface area contributed by atoms with Crippen LogP contribution >= 0.6 is 11.6 Å². The molecule has 0 radical (unpaired) electrons. The maximum absolute atomic E-state index is 12.6. The van der Waals surface area contributed by atoms with E-state index in [-0.39, 0.29) is 24.3 Å². The third-order valence-electron chi connectivity index (χ3n) is 5.39. The Hall–Kier alpha value is -2.93. The lowest BCUT2D eigenvalue weighted by Crippen LogP contribution is -2.40. The number of amides is 2. The van der Waals surface area contributed by atoms with Crippen LogP contribution in [-0.2, 0) is 9.59 Å². The Morgan fingerprint density at radius 1 is 1.28 bits per heavy atom. The fourth-order valence-electron chi connectivity index (χ4n) is 3.84. The maximum Gasteiger partial charge on any atom is 0.227 e. The third kappa shape index (κ3) is 3.82. The smallest absolute Gasteiger partial charge is 0.227 e. The Labute approximate surface area is 173 Å². The van der Waals surface area contributed by atoms with Crippen LogP contribution in [0.3, 0.4) is 0 Å². The normalized spacial score (nSPS) is 16.7. The Balaban J connectivity index is 1.66. The van der Waals surface area contributed by atoms with Crippen molar-refractivity contribution in [2.75, 3.05) is 5.32 Å². The molecule has 7 nitrogen and oxygen atoms in total.